The van der Waals surface area contributed by atoms with Gasteiger partial charge in [0.2, 0.25) is 23.7 Å². The molecule has 0 aromatic carbocycles. The first-order valence-corrected chi connectivity index (χ1v) is 6.51. The van der Waals surface area contributed by atoms with E-state index < -0.39 is 25.6 Å². The Morgan fingerprint density at radius 1 is 0.731 bits per heavy atom. The van der Waals surface area contributed by atoms with Crippen LogP contribution in [0.2, 0.25) is 0 Å². The molecule has 2 rings (SSSR count). The van der Waals surface area contributed by atoms with Gasteiger partial charge in [0.15, 0.2) is 13.2 Å². The van der Waals surface area contributed by atoms with E-state index >= 15 is 0 Å². The average molecular weight is 386 g/mol. The highest BCUT2D eigenvalue weighted by Gasteiger charge is 2.29. The molecule has 0 saturated heterocycles. The Labute approximate surface area is 142 Å². The summed E-state index contributed by atoms with van der Waals surface area (Å²) in [5.74, 6) is -0.631. The van der Waals surface area contributed by atoms with Crippen LogP contribution in [0.4, 0.5) is 38.2 Å². The summed E-state index contributed by atoms with van der Waals surface area (Å²) in [6.07, 6.45) is -6.32. The van der Waals surface area contributed by atoms with Crippen LogP contribution in [0, 0.1) is 0 Å². The standard InChI is InChI=1S/2C6H6F3N3O/c2*7-6(8,9)3-13-4-1-2-11-5(10)12-4/h2*1-2H,3H2,(H2,10,11,12). The van der Waals surface area contributed by atoms with Gasteiger partial charge >= 0.3 is 12.4 Å². The third kappa shape index (κ3) is 9.94. The van der Waals surface area contributed by atoms with Crippen molar-refractivity contribution in [3.63, 3.8) is 0 Å². The average Bonchev–Trinajstić information content (AvgIpc) is 2.51. The summed E-state index contributed by atoms with van der Waals surface area (Å²) >= 11 is 0. The first-order valence-electron chi connectivity index (χ1n) is 6.51. The molecule has 8 nitrogen and oxygen atoms in total. The van der Waals surface area contributed by atoms with E-state index in [2.05, 4.69) is 29.4 Å². The molecule has 4 N–H and O–H groups in total. The van der Waals surface area contributed by atoms with E-state index in [0.29, 0.717) is 0 Å². The highest BCUT2D eigenvalue weighted by molar-refractivity contribution is 5.21. The summed E-state index contributed by atoms with van der Waals surface area (Å²) in [4.78, 5) is 13.8. The van der Waals surface area contributed by atoms with Crippen molar-refractivity contribution in [2.24, 2.45) is 0 Å². The number of aromatic nitrogens is 4. The molecule has 0 spiro atoms. The molecular formula is C12H12F6N6O2. The molecule has 0 radical (unpaired) electrons. The second-order valence-electron chi connectivity index (χ2n) is 4.31. The molecule has 0 saturated carbocycles. The number of hydrogen-bond donors (Lipinski definition) is 2. The van der Waals surface area contributed by atoms with Gasteiger partial charge in [-0.25, -0.2) is 9.97 Å². The molecule has 26 heavy (non-hydrogen) atoms. The minimum Gasteiger partial charge on any atom is -0.468 e. The molecule has 0 aliphatic heterocycles. The van der Waals surface area contributed by atoms with Crippen LogP contribution in [0.1, 0.15) is 0 Å². The topological polar surface area (TPSA) is 122 Å². The maximum absolute atomic E-state index is 11.6. The number of hydrogen-bond acceptors (Lipinski definition) is 8. The number of rotatable bonds is 4. The Hall–Kier alpha value is -3.06. The van der Waals surface area contributed by atoms with Crippen molar-refractivity contribution in [2.45, 2.75) is 12.4 Å². The van der Waals surface area contributed by atoms with Gasteiger partial charge < -0.3 is 20.9 Å². The fourth-order valence-electron chi connectivity index (χ4n) is 1.19. The van der Waals surface area contributed by atoms with Crippen LogP contribution in [0.25, 0.3) is 0 Å². The molecule has 0 atom stereocenters. The Bertz CT molecular complexity index is 637. The zero-order valence-corrected chi connectivity index (χ0v) is 12.8. The minimum atomic E-state index is -4.38. The summed E-state index contributed by atoms with van der Waals surface area (Å²) < 4.78 is 78.4. The second kappa shape index (κ2) is 8.87. The van der Waals surface area contributed by atoms with Crippen molar-refractivity contribution in [3.8, 4) is 11.8 Å². The van der Waals surface area contributed by atoms with Crippen LogP contribution in [0.15, 0.2) is 24.5 Å². The molecule has 0 unspecified atom stereocenters. The van der Waals surface area contributed by atoms with E-state index in [1.54, 1.807) is 0 Å². The number of nitrogens with zero attached hydrogens (tertiary/aromatic N) is 4. The Balaban J connectivity index is 0.000000260. The van der Waals surface area contributed by atoms with Gasteiger partial charge in [-0.05, 0) is 0 Å². The number of halogens is 6. The molecule has 2 aromatic heterocycles. The Morgan fingerprint density at radius 3 is 1.35 bits per heavy atom. The molecule has 2 heterocycles. The SMILES string of the molecule is Nc1nccc(OCC(F)(F)F)n1.Nc1nccc(OCC(F)(F)F)n1. The molecule has 14 heteroatoms. The monoisotopic (exact) mass is 386 g/mol. The van der Waals surface area contributed by atoms with E-state index in [1.165, 1.54) is 24.5 Å². The quantitative estimate of drug-likeness (QED) is 0.765. The van der Waals surface area contributed by atoms with Gasteiger partial charge in [0.1, 0.15) is 0 Å². The van der Waals surface area contributed by atoms with Crippen LogP contribution in [-0.2, 0) is 0 Å². The second-order valence-corrected chi connectivity index (χ2v) is 4.31. The van der Waals surface area contributed by atoms with Gasteiger partial charge in [0.25, 0.3) is 0 Å². The third-order valence-electron chi connectivity index (χ3n) is 2.06. The van der Waals surface area contributed by atoms with Crippen molar-refractivity contribution < 1.29 is 35.8 Å². The van der Waals surface area contributed by atoms with Crippen LogP contribution < -0.4 is 20.9 Å². The molecular weight excluding hydrogens is 374 g/mol. The van der Waals surface area contributed by atoms with Gasteiger partial charge in [-0.1, -0.05) is 0 Å². The molecule has 144 valence electrons. The molecule has 0 bridgehead atoms. The maximum Gasteiger partial charge on any atom is 0.422 e. The van der Waals surface area contributed by atoms with Crippen LogP contribution in [-0.4, -0.2) is 45.5 Å². The number of ether oxygens (including phenoxy) is 2. The minimum absolute atomic E-state index is 0.125. The number of alkyl halides is 6. The molecule has 0 fully saturated rings. The Kier molecular flexibility index (Phi) is 7.16. The van der Waals surface area contributed by atoms with Gasteiger partial charge in [0.05, 0.1) is 0 Å². The van der Waals surface area contributed by atoms with Crippen molar-refractivity contribution in [1.29, 1.82) is 0 Å². The number of anilines is 2. The molecule has 0 aliphatic carbocycles. The predicted octanol–water partition coefficient (Wildman–Crippen LogP) is 2.00. The van der Waals surface area contributed by atoms with Gasteiger partial charge in [-0.2, -0.15) is 36.3 Å². The number of nitrogens with two attached hydrogens (primary N) is 2. The highest BCUT2D eigenvalue weighted by atomic mass is 19.4. The largest absolute Gasteiger partial charge is 0.468 e. The lowest BCUT2D eigenvalue weighted by Gasteiger charge is -2.07. The van der Waals surface area contributed by atoms with E-state index in [0.717, 1.165) is 0 Å². The zero-order chi connectivity index (χ0) is 19.8. The summed E-state index contributed by atoms with van der Waals surface area (Å²) in [5.41, 5.74) is 10.2. The number of nitrogen functional groups attached to an aromatic ring is 2. The van der Waals surface area contributed by atoms with E-state index in [1.807, 2.05) is 0 Å². The summed E-state index contributed by atoms with van der Waals surface area (Å²) in [5, 5.41) is 0. The van der Waals surface area contributed by atoms with Gasteiger partial charge in [-0.15, -0.1) is 0 Å². The fraction of sp³-hybridized carbons (Fsp3) is 0.333. The first kappa shape index (κ1) is 21.0. The molecule has 2 aromatic rings. The lowest BCUT2D eigenvalue weighted by molar-refractivity contribution is -0.154. The highest BCUT2D eigenvalue weighted by Crippen LogP contribution is 2.17. The van der Waals surface area contributed by atoms with Crippen molar-refractivity contribution in [1.82, 2.24) is 19.9 Å². The lowest BCUT2D eigenvalue weighted by Crippen LogP contribution is -2.19. The molecule has 0 amide bonds. The summed E-state index contributed by atoms with van der Waals surface area (Å²) in [6, 6.07) is 2.39. The van der Waals surface area contributed by atoms with Crippen molar-refractivity contribution >= 4 is 11.9 Å². The smallest absolute Gasteiger partial charge is 0.422 e. The van der Waals surface area contributed by atoms with Gasteiger partial charge in [-0.3, -0.25) is 0 Å². The zero-order valence-electron chi connectivity index (χ0n) is 12.8. The summed E-state index contributed by atoms with van der Waals surface area (Å²) in [6.45, 7) is -2.77. The van der Waals surface area contributed by atoms with Crippen LogP contribution >= 0.6 is 0 Å². The van der Waals surface area contributed by atoms with Crippen molar-refractivity contribution in [2.75, 3.05) is 24.7 Å². The maximum atomic E-state index is 11.6. The van der Waals surface area contributed by atoms with E-state index in [9.17, 15) is 26.3 Å². The van der Waals surface area contributed by atoms with Crippen LogP contribution in [0.3, 0.4) is 0 Å². The van der Waals surface area contributed by atoms with E-state index in [-0.39, 0.29) is 23.7 Å². The van der Waals surface area contributed by atoms with Crippen molar-refractivity contribution in [3.05, 3.63) is 24.5 Å². The van der Waals surface area contributed by atoms with Crippen LogP contribution in [0.5, 0.6) is 11.8 Å². The van der Waals surface area contributed by atoms with Gasteiger partial charge in [0, 0.05) is 24.5 Å². The summed E-state index contributed by atoms with van der Waals surface area (Å²) in [7, 11) is 0. The molecule has 0 aliphatic rings. The lowest BCUT2D eigenvalue weighted by atomic mass is 10.6. The normalized spacial score (nSPS) is 11.3. The predicted molar refractivity (Wildman–Crippen MR) is 76.0 cm³/mol. The Morgan fingerprint density at radius 2 is 1.08 bits per heavy atom. The fourth-order valence-corrected chi connectivity index (χ4v) is 1.19. The third-order valence-corrected chi connectivity index (χ3v) is 2.06. The van der Waals surface area contributed by atoms with E-state index in [4.69, 9.17) is 11.5 Å². The first-order chi connectivity index (χ1) is 11.9.